The van der Waals surface area contributed by atoms with Crippen molar-refractivity contribution in [2.75, 3.05) is 0 Å². The van der Waals surface area contributed by atoms with E-state index in [2.05, 4.69) is 53.4 Å². The summed E-state index contributed by atoms with van der Waals surface area (Å²) >= 11 is 0. The summed E-state index contributed by atoms with van der Waals surface area (Å²) in [6, 6.07) is 12.6. The third-order valence-electron chi connectivity index (χ3n) is 3.00. The molecule has 17 heavy (non-hydrogen) atoms. The molecule has 0 aliphatic rings. The summed E-state index contributed by atoms with van der Waals surface area (Å²) in [5.74, 6) is 0. The summed E-state index contributed by atoms with van der Waals surface area (Å²) < 4.78 is 1.78. The van der Waals surface area contributed by atoms with E-state index in [1.165, 1.54) is 16.7 Å². The molecular weight excluding hydrogens is 210 g/mol. The molecule has 0 saturated carbocycles. The van der Waals surface area contributed by atoms with Gasteiger partial charge in [0.15, 0.2) is 5.65 Å². The maximum absolute atomic E-state index is 4.20. The average molecular weight is 223 g/mol. The average Bonchev–Trinajstić information content (AvgIpc) is 2.79. The Kier molecular flexibility index (Phi) is 2.37. The number of fused-ring (bicyclic) bond motifs is 1. The quantitative estimate of drug-likeness (QED) is 0.668. The number of aromatic nitrogens is 3. The number of rotatable bonds is 2. The lowest BCUT2D eigenvalue weighted by atomic mass is 10.0. The summed E-state index contributed by atoms with van der Waals surface area (Å²) in [5, 5.41) is 4.09. The van der Waals surface area contributed by atoms with E-state index in [0.717, 1.165) is 12.1 Å². The predicted octanol–water partition coefficient (Wildman–Crippen LogP) is 2.63. The third kappa shape index (κ3) is 1.91. The summed E-state index contributed by atoms with van der Waals surface area (Å²) in [4.78, 5) is 4.20. The number of pyridine rings is 1. The second kappa shape index (κ2) is 4.01. The molecule has 0 atom stereocenters. The fraction of sp³-hybridized carbons (Fsp3) is 0.143. The fourth-order valence-electron chi connectivity index (χ4n) is 2.00. The maximum atomic E-state index is 4.20. The highest BCUT2D eigenvalue weighted by molar-refractivity contribution is 5.42. The van der Waals surface area contributed by atoms with Crippen molar-refractivity contribution in [3.63, 3.8) is 0 Å². The molecule has 2 aromatic heterocycles. The number of hydrogen-bond donors (Lipinski definition) is 0. The van der Waals surface area contributed by atoms with E-state index in [1.807, 2.05) is 6.20 Å². The van der Waals surface area contributed by atoms with Crippen LogP contribution in [0, 0.1) is 6.92 Å². The molecule has 0 fully saturated rings. The van der Waals surface area contributed by atoms with Gasteiger partial charge in [0.25, 0.3) is 0 Å². The number of benzene rings is 1. The molecular formula is C14H13N3. The summed E-state index contributed by atoms with van der Waals surface area (Å²) in [5.41, 5.74) is 4.85. The van der Waals surface area contributed by atoms with Crippen LogP contribution in [-0.4, -0.2) is 14.6 Å². The topological polar surface area (TPSA) is 30.2 Å². The van der Waals surface area contributed by atoms with Crippen LogP contribution in [0.1, 0.15) is 16.7 Å². The first-order chi connectivity index (χ1) is 8.33. The lowest BCUT2D eigenvalue weighted by molar-refractivity contribution is 0.953. The summed E-state index contributed by atoms with van der Waals surface area (Å²) in [7, 11) is 0. The highest BCUT2D eigenvalue weighted by atomic mass is 15.3. The monoisotopic (exact) mass is 223 g/mol. The first-order valence-electron chi connectivity index (χ1n) is 5.66. The van der Waals surface area contributed by atoms with E-state index >= 15 is 0 Å². The molecule has 0 radical (unpaired) electrons. The Morgan fingerprint density at radius 3 is 2.94 bits per heavy atom. The molecule has 2 heterocycles. The van der Waals surface area contributed by atoms with Crippen LogP contribution >= 0.6 is 0 Å². The number of aryl methyl sites for hydroxylation is 1. The van der Waals surface area contributed by atoms with E-state index in [4.69, 9.17) is 0 Å². The molecule has 0 aliphatic carbocycles. The first-order valence-corrected chi connectivity index (χ1v) is 5.66. The zero-order valence-corrected chi connectivity index (χ0v) is 9.67. The van der Waals surface area contributed by atoms with Crippen LogP contribution in [-0.2, 0) is 6.42 Å². The third-order valence-corrected chi connectivity index (χ3v) is 3.00. The normalized spacial score (nSPS) is 10.9. The van der Waals surface area contributed by atoms with Crippen LogP contribution in [0.5, 0.6) is 0 Å². The van der Waals surface area contributed by atoms with Gasteiger partial charge in [-0.3, -0.25) is 0 Å². The molecule has 84 valence electrons. The van der Waals surface area contributed by atoms with Crippen LogP contribution in [0.15, 0.2) is 48.9 Å². The molecule has 0 amide bonds. The SMILES string of the molecule is Cc1ccccc1Cc1ccn2ncnc2c1. The Morgan fingerprint density at radius 1 is 1.18 bits per heavy atom. The lowest BCUT2D eigenvalue weighted by Crippen LogP contribution is -1.94. The minimum atomic E-state index is 0.899. The van der Waals surface area contributed by atoms with Gasteiger partial charge in [-0.1, -0.05) is 24.3 Å². The Bertz CT molecular complexity index is 655. The molecule has 0 N–H and O–H groups in total. The molecule has 3 nitrogen and oxygen atoms in total. The van der Waals surface area contributed by atoms with Gasteiger partial charge in [0.2, 0.25) is 0 Å². The van der Waals surface area contributed by atoms with Gasteiger partial charge in [-0.05, 0) is 42.2 Å². The zero-order valence-electron chi connectivity index (χ0n) is 9.67. The predicted molar refractivity (Wildman–Crippen MR) is 67.0 cm³/mol. The molecule has 0 spiro atoms. The van der Waals surface area contributed by atoms with Crippen molar-refractivity contribution >= 4 is 5.65 Å². The van der Waals surface area contributed by atoms with Crippen LogP contribution in [0.4, 0.5) is 0 Å². The molecule has 3 rings (SSSR count). The van der Waals surface area contributed by atoms with Gasteiger partial charge in [0.1, 0.15) is 6.33 Å². The Labute approximate surface area is 99.7 Å². The van der Waals surface area contributed by atoms with Crippen molar-refractivity contribution in [1.82, 2.24) is 14.6 Å². The minimum Gasteiger partial charge on any atom is -0.221 e. The lowest BCUT2D eigenvalue weighted by Gasteiger charge is -2.05. The highest BCUT2D eigenvalue weighted by Gasteiger charge is 2.01. The molecule has 0 saturated heterocycles. The second-order valence-electron chi connectivity index (χ2n) is 4.20. The highest BCUT2D eigenvalue weighted by Crippen LogP contribution is 2.14. The van der Waals surface area contributed by atoms with E-state index in [0.29, 0.717) is 0 Å². The smallest absolute Gasteiger partial charge is 0.155 e. The zero-order chi connectivity index (χ0) is 11.7. The van der Waals surface area contributed by atoms with Crippen molar-refractivity contribution < 1.29 is 0 Å². The molecule has 0 unspecified atom stereocenters. The first kappa shape index (κ1) is 10.0. The van der Waals surface area contributed by atoms with Crippen molar-refractivity contribution in [3.8, 4) is 0 Å². The van der Waals surface area contributed by atoms with E-state index in [-0.39, 0.29) is 0 Å². The Balaban J connectivity index is 1.97. The van der Waals surface area contributed by atoms with E-state index in [1.54, 1.807) is 10.8 Å². The van der Waals surface area contributed by atoms with Crippen LogP contribution in [0.2, 0.25) is 0 Å². The molecule has 0 aliphatic heterocycles. The van der Waals surface area contributed by atoms with Gasteiger partial charge < -0.3 is 0 Å². The second-order valence-corrected chi connectivity index (χ2v) is 4.20. The summed E-state index contributed by atoms with van der Waals surface area (Å²) in [6.45, 7) is 2.14. The van der Waals surface area contributed by atoms with E-state index in [9.17, 15) is 0 Å². The van der Waals surface area contributed by atoms with Gasteiger partial charge in [0, 0.05) is 6.20 Å². The standard InChI is InChI=1S/C14H13N3/c1-11-4-2-3-5-13(11)8-12-6-7-17-14(9-12)15-10-16-17/h2-7,9-10H,8H2,1H3. The molecule has 0 bridgehead atoms. The van der Waals surface area contributed by atoms with Crippen molar-refractivity contribution in [2.24, 2.45) is 0 Å². The molecule has 1 aromatic carbocycles. The van der Waals surface area contributed by atoms with Gasteiger partial charge in [-0.15, -0.1) is 0 Å². The number of nitrogens with zero attached hydrogens (tertiary/aromatic N) is 3. The van der Waals surface area contributed by atoms with Crippen LogP contribution < -0.4 is 0 Å². The van der Waals surface area contributed by atoms with Crippen molar-refractivity contribution in [2.45, 2.75) is 13.3 Å². The van der Waals surface area contributed by atoms with Gasteiger partial charge in [-0.25, -0.2) is 9.50 Å². The van der Waals surface area contributed by atoms with Crippen molar-refractivity contribution in [3.05, 3.63) is 65.6 Å². The van der Waals surface area contributed by atoms with E-state index < -0.39 is 0 Å². The maximum Gasteiger partial charge on any atom is 0.155 e. The Morgan fingerprint density at radius 2 is 2.06 bits per heavy atom. The fourth-order valence-corrected chi connectivity index (χ4v) is 2.00. The van der Waals surface area contributed by atoms with Crippen LogP contribution in [0.25, 0.3) is 5.65 Å². The van der Waals surface area contributed by atoms with Gasteiger partial charge in [-0.2, -0.15) is 5.10 Å². The minimum absolute atomic E-state index is 0.899. The molecule has 3 heteroatoms. The number of hydrogen-bond acceptors (Lipinski definition) is 2. The van der Waals surface area contributed by atoms with Crippen LogP contribution in [0.3, 0.4) is 0 Å². The van der Waals surface area contributed by atoms with Crippen molar-refractivity contribution in [1.29, 1.82) is 0 Å². The van der Waals surface area contributed by atoms with Gasteiger partial charge in [0.05, 0.1) is 0 Å². The van der Waals surface area contributed by atoms with Gasteiger partial charge >= 0.3 is 0 Å². The Hall–Kier alpha value is -2.16. The molecule has 3 aromatic rings. The largest absolute Gasteiger partial charge is 0.221 e. The summed E-state index contributed by atoms with van der Waals surface area (Å²) in [6.07, 6.45) is 4.47.